The summed E-state index contributed by atoms with van der Waals surface area (Å²) in [6.45, 7) is 1.92. The van der Waals surface area contributed by atoms with E-state index in [1.54, 1.807) is 25.1 Å². The molecule has 0 spiro atoms. The van der Waals surface area contributed by atoms with Crippen LogP contribution in [0.25, 0.3) is 21.6 Å². The highest BCUT2D eigenvalue weighted by molar-refractivity contribution is 7.13. The first-order chi connectivity index (χ1) is 14.5. The molecule has 4 aromatic rings. The zero-order chi connectivity index (χ0) is 21.3. The topological polar surface area (TPSA) is 91.2 Å². The Morgan fingerprint density at radius 2 is 2.00 bits per heavy atom. The molecule has 0 aliphatic heterocycles. The van der Waals surface area contributed by atoms with Gasteiger partial charge in [0.1, 0.15) is 5.01 Å². The quantitative estimate of drug-likeness (QED) is 0.510. The molecule has 3 heterocycles. The molecular weight excluding hydrogens is 402 g/mol. The first-order valence-electron chi connectivity index (χ1n) is 9.24. The average molecular weight is 423 g/mol. The van der Waals surface area contributed by atoms with Crippen molar-refractivity contribution in [3.8, 4) is 22.1 Å². The number of aryl methyl sites for hydroxylation is 2. The Bertz CT molecular complexity index is 1230. The molecule has 0 bridgehead atoms. The summed E-state index contributed by atoms with van der Waals surface area (Å²) in [5.41, 5.74) is 3.90. The van der Waals surface area contributed by atoms with Gasteiger partial charge in [-0.3, -0.25) is 9.48 Å². The Kier molecular flexibility index (Phi) is 5.37. The SMILES string of the molecule is COc1ccc(-c2nc(CC(=O)Nc3cnc4c(c3)c(C)nn4C)cs2)cc1OC. The van der Waals surface area contributed by atoms with Crippen LogP contribution in [0.1, 0.15) is 11.4 Å². The summed E-state index contributed by atoms with van der Waals surface area (Å²) in [4.78, 5) is 21.5. The number of methoxy groups -OCH3 is 2. The van der Waals surface area contributed by atoms with Gasteiger partial charge in [0.15, 0.2) is 17.1 Å². The van der Waals surface area contributed by atoms with Gasteiger partial charge in [-0.1, -0.05) is 0 Å². The Labute approximate surface area is 177 Å². The Morgan fingerprint density at radius 3 is 2.77 bits per heavy atom. The molecule has 1 aromatic carbocycles. The Hall–Kier alpha value is -3.46. The van der Waals surface area contributed by atoms with Crippen LogP contribution >= 0.6 is 11.3 Å². The van der Waals surface area contributed by atoms with Crippen LogP contribution in [0.5, 0.6) is 11.5 Å². The molecule has 4 rings (SSSR count). The first-order valence-corrected chi connectivity index (χ1v) is 10.1. The number of aromatic nitrogens is 4. The summed E-state index contributed by atoms with van der Waals surface area (Å²) in [5, 5.41) is 10.9. The van der Waals surface area contributed by atoms with Gasteiger partial charge in [-0.2, -0.15) is 5.10 Å². The van der Waals surface area contributed by atoms with Crippen molar-refractivity contribution in [2.24, 2.45) is 7.05 Å². The third-order valence-corrected chi connectivity index (χ3v) is 5.61. The van der Waals surface area contributed by atoms with E-state index in [1.165, 1.54) is 11.3 Å². The second-order valence-electron chi connectivity index (χ2n) is 6.74. The molecule has 1 amide bonds. The minimum absolute atomic E-state index is 0.151. The normalized spacial score (nSPS) is 10.9. The second-order valence-corrected chi connectivity index (χ2v) is 7.60. The van der Waals surface area contributed by atoms with Crippen molar-refractivity contribution < 1.29 is 14.3 Å². The third kappa shape index (κ3) is 3.84. The van der Waals surface area contributed by atoms with Gasteiger partial charge in [-0.15, -0.1) is 11.3 Å². The summed E-state index contributed by atoms with van der Waals surface area (Å²) in [6.07, 6.45) is 1.81. The van der Waals surface area contributed by atoms with Crippen molar-refractivity contribution in [2.45, 2.75) is 13.3 Å². The van der Waals surface area contributed by atoms with Crippen LogP contribution in [0.15, 0.2) is 35.8 Å². The molecule has 0 aliphatic rings. The van der Waals surface area contributed by atoms with E-state index in [4.69, 9.17) is 9.47 Å². The van der Waals surface area contributed by atoms with Crippen LogP contribution < -0.4 is 14.8 Å². The Balaban J connectivity index is 1.47. The smallest absolute Gasteiger partial charge is 0.230 e. The zero-order valence-electron chi connectivity index (χ0n) is 17.1. The van der Waals surface area contributed by atoms with Crippen molar-refractivity contribution in [1.82, 2.24) is 19.7 Å². The number of anilines is 1. The van der Waals surface area contributed by atoms with Gasteiger partial charge in [0.05, 0.1) is 43.9 Å². The molecule has 0 fully saturated rings. The molecular formula is C21H21N5O3S. The average Bonchev–Trinajstić information content (AvgIpc) is 3.31. The van der Waals surface area contributed by atoms with E-state index in [9.17, 15) is 4.79 Å². The van der Waals surface area contributed by atoms with E-state index in [2.05, 4.69) is 20.4 Å². The predicted molar refractivity (Wildman–Crippen MR) is 116 cm³/mol. The lowest BCUT2D eigenvalue weighted by Gasteiger charge is -2.08. The number of carbonyl (C=O) groups is 1. The lowest BCUT2D eigenvalue weighted by Crippen LogP contribution is -2.14. The summed E-state index contributed by atoms with van der Waals surface area (Å²) in [5.74, 6) is 1.15. The molecule has 0 saturated heterocycles. The zero-order valence-corrected chi connectivity index (χ0v) is 17.9. The van der Waals surface area contributed by atoms with Crippen LogP contribution in [0.3, 0.4) is 0 Å². The fraction of sp³-hybridized carbons (Fsp3) is 0.238. The maximum absolute atomic E-state index is 12.5. The van der Waals surface area contributed by atoms with E-state index in [0.717, 1.165) is 27.3 Å². The molecule has 9 heteroatoms. The van der Waals surface area contributed by atoms with Gasteiger partial charge in [0.2, 0.25) is 5.91 Å². The minimum Gasteiger partial charge on any atom is -0.493 e. The molecule has 0 atom stereocenters. The van der Waals surface area contributed by atoms with Crippen molar-refractivity contribution >= 4 is 34.0 Å². The number of hydrogen-bond acceptors (Lipinski definition) is 7. The van der Waals surface area contributed by atoms with Crippen molar-refractivity contribution in [2.75, 3.05) is 19.5 Å². The van der Waals surface area contributed by atoms with Gasteiger partial charge in [-0.25, -0.2) is 9.97 Å². The fourth-order valence-electron chi connectivity index (χ4n) is 3.24. The molecule has 1 N–H and O–H groups in total. The van der Waals surface area contributed by atoms with Crippen molar-refractivity contribution in [1.29, 1.82) is 0 Å². The minimum atomic E-state index is -0.151. The second kappa shape index (κ2) is 8.11. The van der Waals surface area contributed by atoms with Gasteiger partial charge in [-0.05, 0) is 31.2 Å². The van der Waals surface area contributed by atoms with Gasteiger partial charge in [0, 0.05) is 23.4 Å². The number of hydrogen-bond donors (Lipinski definition) is 1. The van der Waals surface area contributed by atoms with Gasteiger partial charge < -0.3 is 14.8 Å². The summed E-state index contributed by atoms with van der Waals surface area (Å²) in [7, 11) is 5.04. The summed E-state index contributed by atoms with van der Waals surface area (Å²) >= 11 is 1.48. The molecule has 0 radical (unpaired) electrons. The van der Waals surface area contributed by atoms with Crippen LogP contribution in [0.4, 0.5) is 5.69 Å². The number of amides is 1. The molecule has 154 valence electrons. The summed E-state index contributed by atoms with van der Waals surface area (Å²) in [6, 6.07) is 7.52. The van der Waals surface area contributed by atoms with E-state index in [1.807, 2.05) is 43.6 Å². The number of nitrogens with zero attached hydrogens (tertiary/aromatic N) is 4. The number of rotatable bonds is 6. The molecule has 8 nitrogen and oxygen atoms in total. The number of pyridine rings is 1. The number of thiazole rings is 1. The largest absolute Gasteiger partial charge is 0.493 e. The maximum atomic E-state index is 12.5. The Morgan fingerprint density at radius 1 is 1.20 bits per heavy atom. The van der Waals surface area contributed by atoms with E-state index in [0.29, 0.717) is 22.9 Å². The van der Waals surface area contributed by atoms with Gasteiger partial charge in [0.25, 0.3) is 0 Å². The predicted octanol–water partition coefficient (Wildman–Crippen LogP) is 3.60. The standard InChI is InChI=1S/C21H21N5O3S/c1-12-16-8-14(10-22-20(16)26(2)25-12)23-19(27)9-15-11-30-21(24-15)13-5-6-17(28-3)18(7-13)29-4/h5-8,10-11H,9H2,1-4H3,(H,23,27). The number of ether oxygens (including phenoxy) is 2. The number of fused-ring (bicyclic) bond motifs is 1. The highest BCUT2D eigenvalue weighted by Crippen LogP contribution is 2.33. The van der Waals surface area contributed by atoms with Crippen LogP contribution in [-0.2, 0) is 18.3 Å². The number of nitrogens with one attached hydrogen (secondary N) is 1. The number of carbonyl (C=O) groups excluding carboxylic acids is 1. The molecule has 0 unspecified atom stereocenters. The molecule has 0 aliphatic carbocycles. The maximum Gasteiger partial charge on any atom is 0.230 e. The van der Waals surface area contributed by atoms with Crippen LogP contribution in [0.2, 0.25) is 0 Å². The summed E-state index contributed by atoms with van der Waals surface area (Å²) < 4.78 is 12.3. The van der Waals surface area contributed by atoms with Crippen LogP contribution in [-0.4, -0.2) is 39.9 Å². The van der Waals surface area contributed by atoms with Crippen LogP contribution in [0, 0.1) is 6.92 Å². The van der Waals surface area contributed by atoms with Crippen molar-refractivity contribution in [3.63, 3.8) is 0 Å². The number of benzene rings is 1. The highest BCUT2D eigenvalue weighted by Gasteiger charge is 2.13. The van der Waals surface area contributed by atoms with E-state index < -0.39 is 0 Å². The van der Waals surface area contributed by atoms with E-state index >= 15 is 0 Å². The third-order valence-electron chi connectivity index (χ3n) is 4.67. The van der Waals surface area contributed by atoms with E-state index in [-0.39, 0.29) is 12.3 Å². The first kappa shape index (κ1) is 19.8. The fourth-order valence-corrected chi connectivity index (χ4v) is 4.05. The molecule has 30 heavy (non-hydrogen) atoms. The lowest BCUT2D eigenvalue weighted by atomic mass is 10.2. The lowest BCUT2D eigenvalue weighted by molar-refractivity contribution is -0.115. The molecule has 0 saturated carbocycles. The van der Waals surface area contributed by atoms with Gasteiger partial charge >= 0.3 is 0 Å². The van der Waals surface area contributed by atoms with Crippen molar-refractivity contribution in [3.05, 3.63) is 47.2 Å². The highest BCUT2D eigenvalue weighted by atomic mass is 32.1. The molecule has 3 aromatic heterocycles. The monoisotopic (exact) mass is 423 g/mol.